The maximum absolute atomic E-state index is 12.0. The van der Waals surface area contributed by atoms with Crippen LogP contribution in [0.25, 0.3) is 0 Å². The second-order valence-corrected chi connectivity index (χ2v) is 6.30. The average molecular weight is 312 g/mol. The minimum atomic E-state index is -0.639. The van der Waals surface area contributed by atoms with Gasteiger partial charge in [-0.2, -0.15) is 0 Å². The first kappa shape index (κ1) is 16.1. The largest absolute Gasteiger partial charge is 0.397 e. The molecular weight excluding hydrogens is 290 g/mol. The Labute approximate surface area is 130 Å². The van der Waals surface area contributed by atoms with E-state index in [2.05, 4.69) is 5.32 Å². The number of rotatable bonds is 5. The second-order valence-electron chi connectivity index (χ2n) is 5.89. The van der Waals surface area contributed by atoms with Crippen molar-refractivity contribution in [1.29, 1.82) is 0 Å². The molecule has 4 N–H and O–H groups in total. The molecule has 116 valence electrons. The van der Waals surface area contributed by atoms with Gasteiger partial charge in [0, 0.05) is 12.2 Å². The summed E-state index contributed by atoms with van der Waals surface area (Å²) < 4.78 is 0. The number of nitrogens with two attached hydrogens (primary N) is 1. The van der Waals surface area contributed by atoms with E-state index in [9.17, 15) is 9.90 Å². The predicted molar refractivity (Wildman–Crippen MR) is 85.4 cm³/mol. The number of nitrogen functional groups attached to an aromatic ring is 1. The third kappa shape index (κ3) is 4.59. The van der Waals surface area contributed by atoms with E-state index < -0.39 is 5.60 Å². The first-order valence-corrected chi connectivity index (χ1v) is 7.52. The molecule has 1 amide bonds. The van der Waals surface area contributed by atoms with Gasteiger partial charge in [0.15, 0.2) is 0 Å². The summed E-state index contributed by atoms with van der Waals surface area (Å²) in [7, 11) is 1.84. The number of halogens is 1. The SMILES string of the molecule is CN(CC(=O)Nc1ccc(Cl)c(N)c1)CC1(O)CCCC1. The molecule has 6 heteroatoms. The Bertz CT molecular complexity index is 516. The fourth-order valence-electron chi connectivity index (χ4n) is 2.82. The zero-order chi connectivity index (χ0) is 15.5. The lowest BCUT2D eigenvalue weighted by atomic mass is 10.0. The number of nitrogens with zero attached hydrogens (tertiary/aromatic N) is 1. The Hall–Kier alpha value is -1.30. The molecule has 1 fully saturated rings. The van der Waals surface area contributed by atoms with Gasteiger partial charge in [-0.3, -0.25) is 9.69 Å². The fraction of sp³-hybridized carbons (Fsp3) is 0.533. The van der Waals surface area contributed by atoms with Crippen LogP contribution in [0.15, 0.2) is 18.2 Å². The zero-order valence-corrected chi connectivity index (χ0v) is 13.0. The van der Waals surface area contributed by atoms with Crippen LogP contribution in [-0.2, 0) is 4.79 Å². The van der Waals surface area contributed by atoms with Gasteiger partial charge in [-0.1, -0.05) is 24.4 Å². The molecule has 0 aliphatic heterocycles. The van der Waals surface area contributed by atoms with Crippen molar-refractivity contribution in [3.63, 3.8) is 0 Å². The summed E-state index contributed by atoms with van der Waals surface area (Å²) in [5.74, 6) is -0.138. The van der Waals surface area contributed by atoms with Crippen molar-refractivity contribution in [2.45, 2.75) is 31.3 Å². The van der Waals surface area contributed by atoms with Crippen molar-refractivity contribution in [3.8, 4) is 0 Å². The quantitative estimate of drug-likeness (QED) is 0.728. The third-order valence-corrected chi connectivity index (χ3v) is 4.14. The Kier molecular flexibility index (Phi) is 5.08. The smallest absolute Gasteiger partial charge is 0.238 e. The van der Waals surface area contributed by atoms with Crippen LogP contribution < -0.4 is 11.1 Å². The van der Waals surface area contributed by atoms with Gasteiger partial charge >= 0.3 is 0 Å². The summed E-state index contributed by atoms with van der Waals surface area (Å²) in [5.41, 5.74) is 6.11. The molecule has 0 heterocycles. The van der Waals surface area contributed by atoms with E-state index in [4.69, 9.17) is 17.3 Å². The number of amides is 1. The van der Waals surface area contributed by atoms with Gasteiger partial charge in [0.05, 0.1) is 22.9 Å². The van der Waals surface area contributed by atoms with Crippen molar-refractivity contribution < 1.29 is 9.90 Å². The lowest BCUT2D eigenvalue weighted by molar-refractivity contribution is -0.117. The van der Waals surface area contributed by atoms with Crippen molar-refractivity contribution in [3.05, 3.63) is 23.2 Å². The van der Waals surface area contributed by atoms with Gasteiger partial charge in [-0.05, 0) is 38.1 Å². The van der Waals surface area contributed by atoms with E-state index in [0.717, 1.165) is 25.7 Å². The number of nitrogens with one attached hydrogen (secondary N) is 1. The number of benzene rings is 1. The summed E-state index contributed by atoms with van der Waals surface area (Å²) in [6, 6.07) is 4.99. The molecule has 1 aromatic carbocycles. The highest BCUT2D eigenvalue weighted by atomic mass is 35.5. The van der Waals surface area contributed by atoms with Crippen molar-refractivity contribution in [2.24, 2.45) is 0 Å². The van der Waals surface area contributed by atoms with Gasteiger partial charge in [-0.25, -0.2) is 0 Å². The summed E-state index contributed by atoms with van der Waals surface area (Å²) in [6.45, 7) is 0.744. The van der Waals surface area contributed by atoms with Gasteiger partial charge in [-0.15, -0.1) is 0 Å². The molecule has 0 aromatic heterocycles. The second kappa shape index (κ2) is 6.64. The normalized spacial score (nSPS) is 17.1. The maximum Gasteiger partial charge on any atom is 0.238 e. The summed E-state index contributed by atoms with van der Waals surface area (Å²) >= 11 is 5.84. The van der Waals surface area contributed by atoms with E-state index >= 15 is 0 Å². The van der Waals surface area contributed by atoms with E-state index in [1.165, 1.54) is 0 Å². The topological polar surface area (TPSA) is 78.6 Å². The van der Waals surface area contributed by atoms with E-state index in [0.29, 0.717) is 22.9 Å². The summed E-state index contributed by atoms with van der Waals surface area (Å²) in [5, 5.41) is 13.6. The van der Waals surface area contributed by atoms with Crippen LogP contribution in [0.5, 0.6) is 0 Å². The molecule has 0 saturated heterocycles. The Morgan fingerprint density at radius 3 is 2.76 bits per heavy atom. The van der Waals surface area contributed by atoms with E-state index in [1.807, 2.05) is 11.9 Å². The first-order chi connectivity index (χ1) is 9.88. The molecule has 0 radical (unpaired) electrons. The van der Waals surface area contributed by atoms with Crippen LogP contribution in [0, 0.1) is 0 Å². The Balaban J connectivity index is 1.84. The lowest BCUT2D eigenvalue weighted by Crippen LogP contribution is -2.42. The molecule has 21 heavy (non-hydrogen) atoms. The number of carbonyl (C=O) groups is 1. The Morgan fingerprint density at radius 2 is 2.14 bits per heavy atom. The molecule has 1 saturated carbocycles. The number of aliphatic hydroxyl groups is 1. The zero-order valence-electron chi connectivity index (χ0n) is 12.2. The standard InChI is InChI=1S/C15H22ClN3O2/c1-19(10-15(21)6-2-3-7-15)9-14(20)18-11-4-5-12(16)13(17)8-11/h4-5,8,21H,2-3,6-7,9-10,17H2,1H3,(H,18,20). The van der Waals surface area contributed by atoms with Crippen LogP contribution in [0.3, 0.4) is 0 Å². The van der Waals surface area contributed by atoms with Crippen LogP contribution in [0.2, 0.25) is 5.02 Å². The highest BCUT2D eigenvalue weighted by Gasteiger charge is 2.32. The molecular formula is C15H22ClN3O2. The van der Waals surface area contributed by atoms with Crippen LogP contribution in [0.4, 0.5) is 11.4 Å². The van der Waals surface area contributed by atoms with Gasteiger partial charge < -0.3 is 16.2 Å². The van der Waals surface area contributed by atoms with Crippen molar-refractivity contribution >= 4 is 28.9 Å². The molecule has 0 spiro atoms. The lowest BCUT2D eigenvalue weighted by Gasteiger charge is -2.28. The minimum absolute atomic E-state index is 0.138. The number of anilines is 2. The Morgan fingerprint density at radius 1 is 1.48 bits per heavy atom. The highest BCUT2D eigenvalue weighted by Crippen LogP contribution is 2.29. The average Bonchev–Trinajstić information content (AvgIpc) is 2.79. The van der Waals surface area contributed by atoms with E-state index in [1.54, 1.807) is 18.2 Å². The highest BCUT2D eigenvalue weighted by molar-refractivity contribution is 6.33. The number of hydrogen-bond acceptors (Lipinski definition) is 4. The van der Waals surface area contributed by atoms with Gasteiger partial charge in [0.2, 0.25) is 5.91 Å². The minimum Gasteiger partial charge on any atom is -0.397 e. The molecule has 1 aromatic rings. The molecule has 5 nitrogen and oxygen atoms in total. The summed E-state index contributed by atoms with van der Waals surface area (Å²) in [4.78, 5) is 13.8. The third-order valence-electron chi connectivity index (χ3n) is 3.79. The van der Waals surface area contributed by atoms with Gasteiger partial charge in [0.25, 0.3) is 0 Å². The first-order valence-electron chi connectivity index (χ1n) is 7.14. The molecule has 1 aliphatic carbocycles. The fourth-order valence-corrected chi connectivity index (χ4v) is 2.93. The molecule has 0 atom stereocenters. The molecule has 2 rings (SSSR count). The monoisotopic (exact) mass is 311 g/mol. The van der Waals surface area contributed by atoms with Crippen LogP contribution >= 0.6 is 11.6 Å². The molecule has 1 aliphatic rings. The molecule has 0 unspecified atom stereocenters. The summed E-state index contributed by atoms with van der Waals surface area (Å²) in [6.07, 6.45) is 3.74. The van der Waals surface area contributed by atoms with E-state index in [-0.39, 0.29) is 12.5 Å². The maximum atomic E-state index is 12.0. The van der Waals surface area contributed by atoms with Crippen molar-refractivity contribution in [1.82, 2.24) is 4.90 Å². The molecule has 0 bridgehead atoms. The number of likely N-dealkylation sites (N-methyl/N-ethyl adjacent to an activating group) is 1. The van der Waals surface area contributed by atoms with Crippen LogP contribution in [0.1, 0.15) is 25.7 Å². The van der Waals surface area contributed by atoms with Crippen molar-refractivity contribution in [2.75, 3.05) is 31.2 Å². The number of carbonyl (C=O) groups excluding carboxylic acids is 1. The van der Waals surface area contributed by atoms with Gasteiger partial charge in [0.1, 0.15) is 0 Å². The van der Waals surface area contributed by atoms with Crippen LogP contribution in [-0.4, -0.2) is 41.7 Å². The number of hydrogen-bond donors (Lipinski definition) is 3. The predicted octanol–water partition coefficient (Wildman–Crippen LogP) is 2.10.